The van der Waals surface area contributed by atoms with Crippen molar-refractivity contribution in [3.63, 3.8) is 0 Å². The first-order valence-corrected chi connectivity index (χ1v) is 12.6. The minimum absolute atomic E-state index is 0.124. The van der Waals surface area contributed by atoms with Crippen molar-refractivity contribution in [2.24, 2.45) is 0 Å². The van der Waals surface area contributed by atoms with Crippen molar-refractivity contribution in [2.75, 3.05) is 0 Å². The molecule has 0 saturated carbocycles. The summed E-state index contributed by atoms with van der Waals surface area (Å²) in [4.78, 5) is -1.12. The fourth-order valence-corrected chi connectivity index (χ4v) is 6.18. The first-order valence-electron chi connectivity index (χ1n) is 9.65. The summed E-state index contributed by atoms with van der Waals surface area (Å²) in [6, 6.07) is 22.4. The SMILES string of the molecule is O=S(=O)(c1ccccc1O)c1ccccc1Oc1ccccc1S(=O)(=O)c1ccccc1O. The zero-order valence-electron chi connectivity index (χ0n) is 17.0. The zero-order chi connectivity index (χ0) is 23.6. The van der Waals surface area contributed by atoms with Crippen LogP contribution >= 0.6 is 0 Å². The lowest BCUT2D eigenvalue weighted by molar-refractivity contribution is 0.449. The summed E-state index contributed by atoms with van der Waals surface area (Å²) in [5, 5.41) is 20.1. The van der Waals surface area contributed by atoms with E-state index >= 15 is 0 Å². The molecule has 0 atom stereocenters. The second-order valence-corrected chi connectivity index (χ2v) is 10.7. The van der Waals surface area contributed by atoms with Crippen LogP contribution in [0.5, 0.6) is 23.0 Å². The van der Waals surface area contributed by atoms with Gasteiger partial charge in [-0.25, -0.2) is 16.8 Å². The molecule has 0 spiro atoms. The Kier molecular flexibility index (Phi) is 5.84. The number of aromatic hydroxyl groups is 2. The Balaban J connectivity index is 1.83. The van der Waals surface area contributed by atoms with Gasteiger partial charge in [-0.3, -0.25) is 0 Å². The van der Waals surface area contributed by atoms with Crippen molar-refractivity contribution in [1.82, 2.24) is 0 Å². The van der Waals surface area contributed by atoms with E-state index in [1.165, 1.54) is 84.9 Å². The molecule has 0 bridgehead atoms. The Bertz CT molecular complexity index is 1430. The Morgan fingerprint density at radius 1 is 0.455 bits per heavy atom. The molecule has 0 fully saturated rings. The van der Waals surface area contributed by atoms with E-state index in [1.54, 1.807) is 12.1 Å². The quantitative estimate of drug-likeness (QED) is 0.414. The first kappa shape index (κ1) is 22.4. The van der Waals surface area contributed by atoms with Gasteiger partial charge in [-0.15, -0.1) is 0 Å². The molecule has 33 heavy (non-hydrogen) atoms. The lowest BCUT2D eigenvalue weighted by Crippen LogP contribution is -2.07. The highest BCUT2D eigenvalue weighted by atomic mass is 32.2. The number of hydrogen-bond acceptors (Lipinski definition) is 7. The number of phenolic OH excluding ortho intramolecular Hbond substituents is 2. The molecule has 0 heterocycles. The molecule has 0 radical (unpaired) electrons. The summed E-state index contributed by atoms with van der Waals surface area (Å²) >= 11 is 0. The molecule has 168 valence electrons. The van der Waals surface area contributed by atoms with Gasteiger partial charge in [-0.2, -0.15) is 0 Å². The van der Waals surface area contributed by atoms with Gasteiger partial charge in [-0.05, 0) is 48.5 Å². The Labute approximate surface area is 191 Å². The van der Waals surface area contributed by atoms with Gasteiger partial charge in [0.1, 0.15) is 42.6 Å². The van der Waals surface area contributed by atoms with Gasteiger partial charge < -0.3 is 14.9 Å². The maximum Gasteiger partial charge on any atom is 0.213 e. The van der Waals surface area contributed by atoms with E-state index < -0.39 is 31.2 Å². The van der Waals surface area contributed by atoms with Gasteiger partial charge in [0, 0.05) is 0 Å². The monoisotopic (exact) mass is 482 g/mol. The molecule has 0 aliphatic rings. The van der Waals surface area contributed by atoms with Crippen LogP contribution in [0.1, 0.15) is 0 Å². The molecular formula is C24H18O7S2. The molecule has 4 aromatic carbocycles. The van der Waals surface area contributed by atoms with Crippen LogP contribution in [-0.4, -0.2) is 27.0 Å². The van der Waals surface area contributed by atoms with Crippen molar-refractivity contribution in [3.8, 4) is 23.0 Å². The molecule has 7 nitrogen and oxygen atoms in total. The molecule has 0 unspecified atom stereocenters. The first-order chi connectivity index (χ1) is 15.7. The van der Waals surface area contributed by atoms with Crippen molar-refractivity contribution in [1.29, 1.82) is 0 Å². The van der Waals surface area contributed by atoms with E-state index in [9.17, 15) is 27.0 Å². The summed E-state index contributed by atoms with van der Waals surface area (Å²) in [5.41, 5.74) is 0. The smallest absolute Gasteiger partial charge is 0.213 e. The van der Waals surface area contributed by atoms with Gasteiger partial charge in [0.2, 0.25) is 19.7 Å². The Morgan fingerprint density at radius 2 is 0.758 bits per heavy atom. The van der Waals surface area contributed by atoms with Gasteiger partial charge >= 0.3 is 0 Å². The molecule has 0 aliphatic heterocycles. The van der Waals surface area contributed by atoms with Crippen molar-refractivity contribution in [2.45, 2.75) is 19.6 Å². The van der Waals surface area contributed by atoms with Crippen molar-refractivity contribution >= 4 is 19.7 Å². The molecular weight excluding hydrogens is 464 g/mol. The van der Waals surface area contributed by atoms with E-state index in [-0.39, 0.29) is 31.1 Å². The van der Waals surface area contributed by atoms with E-state index in [0.29, 0.717) is 0 Å². The third-order valence-corrected chi connectivity index (χ3v) is 8.49. The summed E-state index contributed by atoms with van der Waals surface area (Å²) in [6.07, 6.45) is 0. The third kappa shape index (κ3) is 4.15. The Morgan fingerprint density at radius 3 is 1.12 bits per heavy atom. The Hall–Kier alpha value is -3.82. The number of para-hydroxylation sites is 4. The van der Waals surface area contributed by atoms with Crippen LogP contribution in [-0.2, 0) is 19.7 Å². The average molecular weight is 483 g/mol. The predicted molar refractivity (Wildman–Crippen MR) is 120 cm³/mol. The lowest BCUT2D eigenvalue weighted by atomic mass is 10.3. The molecule has 0 amide bonds. The number of phenols is 2. The van der Waals surface area contributed by atoms with Gasteiger partial charge in [-0.1, -0.05) is 48.5 Å². The van der Waals surface area contributed by atoms with Crippen molar-refractivity contribution < 1.29 is 31.8 Å². The van der Waals surface area contributed by atoms with E-state index in [0.717, 1.165) is 0 Å². The van der Waals surface area contributed by atoms with E-state index in [1.807, 2.05) is 0 Å². The average Bonchev–Trinajstić information content (AvgIpc) is 2.80. The third-order valence-electron chi connectivity index (χ3n) is 4.81. The fourth-order valence-electron chi connectivity index (χ4n) is 3.24. The summed E-state index contributed by atoms with van der Waals surface area (Å²) < 4.78 is 58.7. The summed E-state index contributed by atoms with van der Waals surface area (Å²) in [6.45, 7) is 0. The fraction of sp³-hybridized carbons (Fsp3) is 0. The highest BCUT2D eigenvalue weighted by Crippen LogP contribution is 2.39. The molecule has 9 heteroatoms. The lowest BCUT2D eigenvalue weighted by Gasteiger charge is -2.15. The van der Waals surface area contributed by atoms with Gasteiger partial charge in [0.05, 0.1) is 0 Å². The van der Waals surface area contributed by atoms with Crippen LogP contribution in [0.4, 0.5) is 0 Å². The summed E-state index contributed by atoms with van der Waals surface area (Å²) in [7, 11) is -8.38. The van der Waals surface area contributed by atoms with Crippen LogP contribution < -0.4 is 4.74 Å². The van der Waals surface area contributed by atoms with Crippen LogP contribution in [0.25, 0.3) is 0 Å². The van der Waals surface area contributed by atoms with Crippen molar-refractivity contribution in [3.05, 3.63) is 97.1 Å². The van der Waals surface area contributed by atoms with Crippen LogP contribution in [0, 0.1) is 0 Å². The topological polar surface area (TPSA) is 118 Å². The second kappa shape index (κ2) is 8.61. The zero-order valence-corrected chi connectivity index (χ0v) is 18.6. The largest absolute Gasteiger partial charge is 0.507 e. The van der Waals surface area contributed by atoms with Gasteiger partial charge in [0.25, 0.3) is 0 Å². The standard InChI is InChI=1S/C24H18O7S2/c25-17-9-1-5-13-21(17)32(27,28)23-15-7-3-11-19(23)31-20-12-4-8-16-24(20)33(29,30)22-14-6-2-10-18(22)26/h1-16,25-26H. The second-order valence-electron chi connectivity index (χ2n) is 6.94. The van der Waals surface area contributed by atoms with Crippen LogP contribution in [0.3, 0.4) is 0 Å². The minimum Gasteiger partial charge on any atom is -0.507 e. The van der Waals surface area contributed by atoms with Crippen LogP contribution in [0.15, 0.2) is 117 Å². The number of hydrogen-bond donors (Lipinski definition) is 2. The van der Waals surface area contributed by atoms with Crippen LogP contribution in [0.2, 0.25) is 0 Å². The van der Waals surface area contributed by atoms with E-state index in [2.05, 4.69) is 0 Å². The normalized spacial score (nSPS) is 11.8. The highest BCUT2D eigenvalue weighted by molar-refractivity contribution is 7.92. The number of rotatable bonds is 6. The molecule has 4 rings (SSSR count). The molecule has 0 aliphatic carbocycles. The number of sulfone groups is 2. The maximum atomic E-state index is 13.2. The molecule has 0 saturated heterocycles. The maximum absolute atomic E-state index is 13.2. The predicted octanol–water partition coefficient (Wildman–Crippen LogP) is 4.56. The van der Waals surface area contributed by atoms with Gasteiger partial charge in [0.15, 0.2) is 0 Å². The molecule has 4 aromatic rings. The molecule has 2 N–H and O–H groups in total. The molecule has 0 aromatic heterocycles. The minimum atomic E-state index is -4.19. The summed E-state index contributed by atoms with van der Waals surface area (Å²) in [5.74, 6) is -1.09. The highest BCUT2D eigenvalue weighted by Gasteiger charge is 2.28. The number of benzene rings is 4. The number of ether oxygens (including phenoxy) is 1. The van der Waals surface area contributed by atoms with E-state index in [4.69, 9.17) is 4.74 Å².